The van der Waals surface area contributed by atoms with Crippen LogP contribution in [0.2, 0.25) is 0 Å². The van der Waals surface area contributed by atoms with E-state index in [4.69, 9.17) is 5.11 Å². The highest BCUT2D eigenvalue weighted by atomic mass is 79.9. The topological polar surface area (TPSA) is 113 Å². The lowest BCUT2D eigenvalue weighted by atomic mass is 10.1. The summed E-state index contributed by atoms with van der Waals surface area (Å²) in [4.78, 5) is 22.1. The van der Waals surface area contributed by atoms with Crippen LogP contribution >= 0.6 is 27.3 Å². The Bertz CT molecular complexity index is 655. The number of aromatic carboxylic acids is 1. The smallest absolute Gasteiger partial charge is 0.345 e. The van der Waals surface area contributed by atoms with Gasteiger partial charge in [-0.05, 0) is 34.8 Å². The molecule has 0 spiro atoms. The van der Waals surface area contributed by atoms with Gasteiger partial charge in [-0.1, -0.05) is 0 Å². The molecule has 1 aromatic heterocycles. The van der Waals surface area contributed by atoms with Gasteiger partial charge in [0.25, 0.3) is 0 Å². The highest BCUT2D eigenvalue weighted by Crippen LogP contribution is 2.31. The van der Waals surface area contributed by atoms with E-state index in [9.17, 15) is 18.0 Å². The van der Waals surface area contributed by atoms with Crippen molar-refractivity contribution >= 4 is 49.2 Å². The van der Waals surface area contributed by atoms with Crippen molar-refractivity contribution in [1.82, 2.24) is 10.0 Å². The van der Waals surface area contributed by atoms with Crippen LogP contribution in [-0.2, 0) is 14.8 Å². The molecule has 3 N–H and O–H groups in total. The summed E-state index contributed by atoms with van der Waals surface area (Å²) in [5, 5.41) is 11.4. The lowest BCUT2D eigenvalue weighted by Gasteiger charge is -2.22. The number of hydrogen-bond donors (Lipinski definition) is 3. The van der Waals surface area contributed by atoms with Crippen molar-refractivity contribution in [2.45, 2.75) is 23.8 Å². The lowest BCUT2D eigenvalue weighted by Crippen LogP contribution is -2.50. The molecule has 10 heteroatoms. The van der Waals surface area contributed by atoms with Crippen molar-refractivity contribution in [3.05, 3.63) is 14.7 Å². The maximum absolute atomic E-state index is 12.2. The predicted octanol–water partition coefficient (Wildman–Crippen LogP) is 0.766. The van der Waals surface area contributed by atoms with Gasteiger partial charge in [0.05, 0.1) is 3.79 Å². The van der Waals surface area contributed by atoms with Crippen molar-refractivity contribution in [1.29, 1.82) is 0 Å². The third-order valence-corrected chi connectivity index (χ3v) is 6.45. The summed E-state index contributed by atoms with van der Waals surface area (Å²) in [6.45, 7) is 0.530. The van der Waals surface area contributed by atoms with Gasteiger partial charge in [-0.2, -0.15) is 4.72 Å². The first kappa shape index (κ1) is 15.4. The Morgan fingerprint density at radius 2 is 2.25 bits per heavy atom. The van der Waals surface area contributed by atoms with E-state index in [0.29, 0.717) is 19.4 Å². The van der Waals surface area contributed by atoms with Crippen LogP contribution in [0.3, 0.4) is 0 Å². The molecule has 1 unspecified atom stereocenters. The minimum atomic E-state index is -3.95. The Labute approximate surface area is 127 Å². The molecule has 1 atom stereocenters. The number of carbonyl (C=O) groups excluding carboxylic acids is 1. The van der Waals surface area contributed by atoms with Crippen LogP contribution in [-0.4, -0.2) is 38.0 Å². The number of carbonyl (C=O) groups is 2. The third kappa shape index (κ3) is 3.19. The number of halogens is 1. The van der Waals surface area contributed by atoms with Crippen LogP contribution in [0.5, 0.6) is 0 Å². The molecule has 0 saturated carbocycles. The fourth-order valence-corrected chi connectivity index (χ4v) is 5.41. The zero-order valence-electron chi connectivity index (χ0n) is 10.1. The van der Waals surface area contributed by atoms with Gasteiger partial charge in [0.1, 0.15) is 15.8 Å². The molecule has 0 radical (unpaired) electrons. The van der Waals surface area contributed by atoms with Gasteiger partial charge >= 0.3 is 5.97 Å². The van der Waals surface area contributed by atoms with Crippen LogP contribution in [0.15, 0.2) is 14.7 Å². The molecule has 2 rings (SSSR count). The molecule has 20 heavy (non-hydrogen) atoms. The van der Waals surface area contributed by atoms with E-state index in [1.807, 2.05) is 0 Å². The van der Waals surface area contributed by atoms with Crippen LogP contribution < -0.4 is 10.0 Å². The van der Waals surface area contributed by atoms with E-state index in [-0.39, 0.29) is 19.5 Å². The highest BCUT2D eigenvalue weighted by molar-refractivity contribution is 9.11. The Morgan fingerprint density at radius 3 is 2.80 bits per heavy atom. The molecule has 0 aromatic carbocycles. The summed E-state index contributed by atoms with van der Waals surface area (Å²) in [5.41, 5.74) is 0. The van der Waals surface area contributed by atoms with E-state index in [1.54, 1.807) is 0 Å². The molecule has 1 aromatic rings. The Morgan fingerprint density at radius 1 is 1.55 bits per heavy atom. The first-order chi connectivity index (χ1) is 9.31. The van der Waals surface area contributed by atoms with E-state index in [2.05, 4.69) is 26.0 Å². The standard InChI is InChI=1S/C10H11BrN2O5S2/c11-8-7(4-6(19-8)10(15)16)20(17,18)13-5-2-1-3-12-9(5)14/h4-5,13H,1-3H2,(H,12,14)(H,15,16). The third-order valence-electron chi connectivity index (χ3n) is 2.74. The molecule has 0 aliphatic carbocycles. The molecule has 1 amide bonds. The molecule has 1 aliphatic heterocycles. The maximum Gasteiger partial charge on any atom is 0.345 e. The van der Waals surface area contributed by atoms with Crippen molar-refractivity contribution in [3.8, 4) is 0 Å². The number of hydrogen-bond acceptors (Lipinski definition) is 5. The second-order valence-corrected chi connectivity index (χ2v) is 8.21. The number of rotatable bonds is 4. The first-order valence-corrected chi connectivity index (χ1v) is 8.73. The van der Waals surface area contributed by atoms with Crippen LogP contribution in [0, 0.1) is 0 Å². The summed E-state index contributed by atoms with van der Waals surface area (Å²) < 4.78 is 26.9. The Hall–Kier alpha value is -0.970. The van der Waals surface area contributed by atoms with Gasteiger partial charge in [-0.15, -0.1) is 11.3 Å². The number of nitrogens with one attached hydrogen (secondary N) is 2. The second kappa shape index (κ2) is 5.80. The SMILES string of the molecule is O=C(O)c1cc(S(=O)(=O)NC2CCCNC2=O)c(Br)s1. The van der Waals surface area contributed by atoms with Gasteiger partial charge in [0, 0.05) is 6.54 Å². The molecule has 7 nitrogen and oxygen atoms in total. The van der Waals surface area contributed by atoms with Crippen molar-refractivity contribution in [2.75, 3.05) is 6.54 Å². The quantitative estimate of drug-likeness (QED) is 0.711. The van der Waals surface area contributed by atoms with E-state index in [1.165, 1.54) is 0 Å². The molecule has 2 heterocycles. The number of carboxylic acids is 1. The molecule has 1 fully saturated rings. The minimum absolute atomic E-state index is 0.0923. The minimum Gasteiger partial charge on any atom is -0.477 e. The maximum atomic E-state index is 12.2. The van der Waals surface area contributed by atoms with Crippen LogP contribution in [0.1, 0.15) is 22.5 Å². The van der Waals surface area contributed by atoms with Gasteiger partial charge < -0.3 is 10.4 Å². The normalized spacial score (nSPS) is 19.6. The largest absolute Gasteiger partial charge is 0.477 e. The zero-order chi connectivity index (χ0) is 14.9. The lowest BCUT2D eigenvalue weighted by molar-refractivity contribution is -0.124. The average Bonchev–Trinajstić information content (AvgIpc) is 2.75. The summed E-state index contributed by atoms with van der Waals surface area (Å²) in [6, 6.07) is 0.244. The van der Waals surface area contributed by atoms with Crippen molar-refractivity contribution < 1.29 is 23.1 Å². The molecule has 1 aliphatic rings. The highest BCUT2D eigenvalue weighted by Gasteiger charge is 2.30. The molecule has 110 valence electrons. The number of thiophene rings is 1. The van der Waals surface area contributed by atoms with Crippen molar-refractivity contribution in [2.24, 2.45) is 0 Å². The summed E-state index contributed by atoms with van der Waals surface area (Å²) in [6.07, 6.45) is 1.10. The van der Waals surface area contributed by atoms with Gasteiger partial charge in [-0.25, -0.2) is 13.2 Å². The molecular weight excluding hydrogens is 372 g/mol. The van der Waals surface area contributed by atoms with Gasteiger partial charge in [0.15, 0.2) is 0 Å². The number of amides is 1. The molecular formula is C10H11BrN2O5S2. The fourth-order valence-electron chi connectivity index (χ4n) is 1.78. The van der Waals surface area contributed by atoms with Crippen LogP contribution in [0.4, 0.5) is 0 Å². The summed E-state index contributed by atoms with van der Waals surface area (Å²) in [7, 11) is -3.95. The molecule has 0 bridgehead atoms. The summed E-state index contributed by atoms with van der Waals surface area (Å²) in [5.74, 6) is -1.57. The van der Waals surface area contributed by atoms with Gasteiger partial charge in [0.2, 0.25) is 15.9 Å². The monoisotopic (exact) mass is 382 g/mol. The van der Waals surface area contributed by atoms with E-state index in [0.717, 1.165) is 17.4 Å². The Kier molecular flexibility index (Phi) is 4.47. The second-order valence-electron chi connectivity index (χ2n) is 4.16. The van der Waals surface area contributed by atoms with Crippen LogP contribution in [0.25, 0.3) is 0 Å². The average molecular weight is 383 g/mol. The predicted molar refractivity (Wildman–Crippen MR) is 75.3 cm³/mol. The number of piperidine rings is 1. The molecule has 1 saturated heterocycles. The summed E-state index contributed by atoms with van der Waals surface area (Å²) >= 11 is 3.85. The zero-order valence-corrected chi connectivity index (χ0v) is 13.3. The Balaban J connectivity index is 2.26. The van der Waals surface area contributed by atoms with Gasteiger partial charge in [-0.3, -0.25) is 4.79 Å². The fraction of sp³-hybridized carbons (Fsp3) is 0.400. The first-order valence-electron chi connectivity index (χ1n) is 5.64. The van der Waals surface area contributed by atoms with E-state index < -0.39 is 22.0 Å². The van der Waals surface area contributed by atoms with E-state index >= 15 is 0 Å². The number of carboxylic acid groups (broad SMARTS) is 1. The number of sulfonamides is 1. The van der Waals surface area contributed by atoms with Crippen molar-refractivity contribution in [3.63, 3.8) is 0 Å².